The smallest absolute Gasteiger partial charge is 0.466 e. The van der Waals surface area contributed by atoms with Crippen LogP contribution in [0.15, 0.2) is 29.6 Å². The lowest BCUT2D eigenvalue weighted by Gasteiger charge is -2.39. The van der Waals surface area contributed by atoms with Crippen molar-refractivity contribution in [1.29, 1.82) is 0 Å². The van der Waals surface area contributed by atoms with Gasteiger partial charge in [-0.2, -0.15) is 8.42 Å². The Morgan fingerprint density at radius 3 is 2.63 bits per heavy atom. The molecule has 166 valence electrons. The Kier molecular flexibility index (Phi) is 6.88. The summed E-state index contributed by atoms with van der Waals surface area (Å²) in [6.45, 7) is -0.647. The van der Waals surface area contributed by atoms with Crippen molar-refractivity contribution in [3.05, 3.63) is 30.0 Å². The molecule has 0 aliphatic carbocycles. The maximum atomic E-state index is 10.9. The van der Waals surface area contributed by atoms with Gasteiger partial charge in [0.2, 0.25) is 0 Å². The molecule has 3 rings (SSSR count). The van der Waals surface area contributed by atoms with E-state index in [1.807, 2.05) is 0 Å². The number of aromatic hydroxyl groups is 1. The van der Waals surface area contributed by atoms with Crippen molar-refractivity contribution in [3.63, 3.8) is 0 Å². The lowest BCUT2D eigenvalue weighted by Crippen LogP contribution is -2.57. The summed E-state index contributed by atoms with van der Waals surface area (Å²) in [5.74, 6) is -0.0448. The van der Waals surface area contributed by atoms with Crippen molar-refractivity contribution in [2.24, 2.45) is 5.16 Å². The summed E-state index contributed by atoms with van der Waals surface area (Å²) in [7, 11) is -4.93. The second kappa shape index (κ2) is 9.07. The van der Waals surface area contributed by atoms with E-state index >= 15 is 0 Å². The molecule has 1 saturated heterocycles. The first kappa shape index (κ1) is 22.8. The minimum atomic E-state index is -4.93. The molecule has 30 heavy (non-hydrogen) atoms. The summed E-state index contributed by atoms with van der Waals surface area (Å²) >= 11 is 0.651. The van der Waals surface area contributed by atoms with Gasteiger partial charge in [0.25, 0.3) is 0 Å². The average Bonchev–Trinajstić information content (AvgIpc) is 3.10. The molecule has 2 aromatic rings. The molecule has 1 aromatic carbocycles. The highest BCUT2D eigenvalue weighted by Crippen LogP contribution is 2.33. The van der Waals surface area contributed by atoms with Crippen molar-refractivity contribution in [2.45, 2.75) is 36.3 Å². The summed E-state index contributed by atoms with van der Waals surface area (Å²) in [5, 5.41) is 53.1. The Bertz CT molecular complexity index is 1020. The normalized spacial score (nSPS) is 28.0. The van der Waals surface area contributed by atoms with Crippen LogP contribution in [-0.4, -0.2) is 85.0 Å². The number of ether oxygens (including phenoxy) is 1. The predicted octanol–water partition coefficient (Wildman–Crippen LogP) is -0.918. The van der Waals surface area contributed by atoms with E-state index in [4.69, 9.17) is 9.29 Å². The molecule has 0 radical (unpaired) electrons. The quantitative estimate of drug-likeness (QED) is 0.121. The maximum absolute atomic E-state index is 10.9. The maximum Gasteiger partial charge on any atom is 0.466 e. The number of aromatic amines is 1. The SMILES string of the molecule is O=S(=O)(O)O/N=C(/Cc1c[nH]c2cccc(O)c12)S[C@@H]1O[C@H](CO)[C@@H](O)[C@H](O)[C@H]1O. The first-order chi connectivity index (χ1) is 14.1. The predicted molar refractivity (Wildman–Crippen MR) is 105 cm³/mol. The molecule has 7 N–H and O–H groups in total. The fourth-order valence-corrected chi connectivity index (χ4v) is 4.34. The van der Waals surface area contributed by atoms with Crippen LogP contribution in [0.1, 0.15) is 5.56 Å². The average molecular weight is 464 g/mol. The summed E-state index contributed by atoms with van der Waals surface area (Å²) in [5.41, 5.74) is -0.182. The van der Waals surface area contributed by atoms with Gasteiger partial charge in [-0.25, -0.2) is 4.28 Å². The lowest BCUT2D eigenvalue weighted by atomic mass is 10.0. The second-order valence-electron chi connectivity index (χ2n) is 6.49. The van der Waals surface area contributed by atoms with Crippen LogP contribution < -0.4 is 0 Å². The molecule has 0 spiro atoms. The lowest BCUT2D eigenvalue weighted by molar-refractivity contribution is -0.205. The summed E-state index contributed by atoms with van der Waals surface area (Å²) < 4.78 is 40.2. The largest absolute Gasteiger partial charge is 0.507 e. The van der Waals surface area contributed by atoms with Gasteiger partial charge in [-0.3, -0.25) is 4.55 Å². The molecular weight excluding hydrogens is 444 g/mol. The minimum absolute atomic E-state index is 0.0448. The van der Waals surface area contributed by atoms with Crippen LogP contribution in [0.5, 0.6) is 5.75 Å². The number of aliphatic hydroxyl groups excluding tert-OH is 4. The topological polar surface area (TPSA) is 202 Å². The number of nitrogens with one attached hydrogen (secondary N) is 1. The molecule has 2 heterocycles. The van der Waals surface area contributed by atoms with E-state index in [-0.39, 0.29) is 17.2 Å². The fourth-order valence-electron chi connectivity index (χ4n) is 3.02. The van der Waals surface area contributed by atoms with E-state index < -0.39 is 46.9 Å². The van der Waals surface area contributed by atoms with E-state index in [9.17, 15) is 34.0 Å². The van der Waals surface area contributed by atoms with Gasteiger partial charge < -0.3 is 35.3 Å². The molecule has 14 heteroatoms. The van der Waals surface area contributed by atoms with Gasteiger partial charge in [0.1, 0.15) is 40.6 Å². The highest BCUT2D eigenvalue weighted by atomic mass is 32.3. The number of oxime groups is 1. The number of benzene rings is 1. The Hall–Kier alpha value is -1.91. The summed E-state index contributed by atoms with van der Waals surface area (Å²) in [4.78, 5) is 2.93. The van der Waals surface area contributed by atoms with Gasteiger partial charge in [-0.15, -0.1) is 0 Å². The first-order valence-electron chi connectivity index (χ1n) is 8.58. The van der Waals surface area contributed by atoms with Crippen molar-refractivity contribution in [3.8, 4) is 5.75 Å². The van der Waals surface area contributed by atoms with Crippen LogP contribution in [0.2, 0.25) is 0 Å². The number of aliphatic hydroxyl groups is 4. The van der Waals surface area contributed by atoms with Gasteiger partial charge in [-0.1, -0.05) is 23.0 Å². The van der Waals surface area contributed by atoms with Crippen molar-refractivity contribution in [2.75, 3.05) is 6.61 Å². The van der Waals surface area contributed by atoms with E-state index in [0.717, 1.165) is 0 Å². The van der Waals surface area contributed by atoms with Gasteiger partial charge in [0, 0.05) is 23.5 Å². The van der Waals surface area contributed by atoms with Gasteiger partial charge in [-0.05, 0) is 17.7 Å². The third-order valence-corrected chi connectivity index (χ3v) is 5.82. The van der Waals surface area contributed by atoms with Gasteiger partial charge in [0.05, 0.1) is 6.61 Å². The Morgan fingerprint density at radius 2 is 1.97 bits per heavy atom. The number of thioether (sulfide) groups is 1. The number of phenols is 1. The zero-order chi connectivity index (χ0) is 22.1. The first-order valence-corrected chi connectivity index (χ1v) is 10.8. The van der Waals surface area contributed by atoms with E-state index in [1.54, 1.807) is 18.3 Å². The number of phenolic OH excluding ortho intramolecular Hbond substituents is 1. The van der Waals surface area contributed by atoms with E-state index in [2.05, 4.69) is 14.4 Å². The monoisotopic (exact) mass is 464 g/mol. The molecular formula is C16H20N2O10S2. The minimum Gasteiger partial charge on any atom is -0.507 e. The van der Waals surface area contributed by atoms with Gasteiger partial charge >= 0.3 is 10.4 Å². The molecule has 12 nitrogen and oxygen atoms in total. The molecule has 0 unspecified atom stereocenters. The molecule has 5 atom stereocenters. The number of hydrogen-bond acceptors (Lipinski definition) is 11. The van der Waals surface area contributed by atoms with Crippen LogP contribution in [0.3, 0.4) is 0 Å². The molecule has 1 aromatic heterocycles. The third-order valence-electron chi connectivity index (χ3n) is 4.44. The van der Waals surface area contributed by atoms with Crippen LogP contribution >= 0.6 is 11.8 Å². The highest BCUT2D eigenvalue weighted by Gasteiger charge is 2.44. The Morgan fingerprint density at radius 1 is 1.23 bits per heavy atom. The number of rotatable bonds is 6. The molecule has 1 fully saturated rings. The number of nitrogens with zero attached hydrogens (tertiary/aromatic N) is 1. The molecule has 0 bridgehead atoms. The zero-order valence-corrected chi connectivity index (χ0v) is 16.8. The number of fused-ring (bicyclic) bond motifs is 1. The molecule has 0 amide bonds. The molecule has 1 aliphatic rings. The van der Waals surface area contributed by atoms with E-state index in [1.165, 1.54) is 6.07 Å². The Labute approximate surface area is 174 Å². The third kappa shape index (κ3) is 5.04. The number of hydrogen-bond donors (Lipinski definition) is 7. The van der Waals surface area contributed by atoms with Crippen molar-refractivity contribution >= 4 is 38.1 Å². The summed E-state index contributed by atoms with van der Waals surface area (Å²) in [6.07, 6.45) is -4.58. The van der Waals surface area contributed by atoms with Crippen LogP contribution in [-0.2, 0) is 25.8 Å². The van der Waals surface area contributed by atoms with Crippen LogP contribution in [0.4, 0.5) is 0 Å². The van der Waals surface area contributed by atoms with Gasteiger partial charge in [0.15, 0.2) is 0 Å². The van der Waals surface area contributed by atoms with Crippen LogP contribution in [0.25, 0.3) is 10.9 Å². The zero-order valence-electron chi connectivity index (χ0n) is 15.2. The fraction of sp³-hybridized carbons (Fsp3) is 0.438. The molecule has 1 aliphatic heterocycles. The number of H-pyrrole nitrogens is 1. The van der Waals surface area contributed by atoms with Crippen molar-refractivity contribution in [1.82, 2.24) is 4.98 Å². The van der Waals surface area contributed by atoms with Crippen LogP contribution in [0, 0.1) is 0 Å². The standard InChI is InChI=1S/C16H20N2O10S2/c19-6-10-13(21)14(22)15(23)16(27-10)29-11(18-28-30(24,25)26)4-7-5-17-8-2-1-3-9(20)12(7)8/h1-3,5,10,13-17,19-23H,4,6H2,(H,24,25,26)/b18-11-/t10-,13-,14+,15-,16+/m1/s1. The Balaban J connectivity index is 1.89. The molecule has 0 saturated carbocycles. The second-order valence-corrected chi connectivity index (χ2v) is 8.67. The highest BCUT2D eigenvalue weighted by molar-refractivity contribution is 8.14. The van der Waals surface area contributed by atoms with E-state index in [0.29, 0.717) is 28.2 Å². The number of aromatic nitrogens is 1. The summed E-state index contributed by atoms with van der Waals surface area (Å²) in [6, 6.07) is 4.78. The van der Waals surface area contributed by atoms with Crippen molar-refractivity contribution < 1.29 is 47.5 Å².